The van der Waals surface area contributed by atoms with Crippen LogP contribution in [-0.2, 0) is 4.79 Å². The molecule has 21 heavy (non-hydrogen) atoms. The van der Waals surface area contributed by atoms with Crippen molar-refractivity contribution in [2.45, 2.75) is 45.1 Å². The molecule has 0 spiro atoms. The second-order valence-electron chi connectivity index (χ2n) is 6.06. The number of aliphatic hydroxyl groups is 1. The lowest BCUT2D eigenvalue weighted by Gasteiger charge is -2.11. The van der Waals surface area contributed by atoms with Crippen molar-refractivity contribution in [3.8, 4) is 5.75 Å². The SMILES string of the molecule is CC(C)c1ccc(OCC(=O)NCC[C@H](O)C2CC2)cc1. The lowest BCUT2D eigenvalue weighted by molar-refractivity contribution is -0.123. The standard InChI is InChI=1S/C17H25NO3/c1-12(2)13-5-7-15(8-6-13)21-11-17(20)18-10-9-16(19)14-3-4-14/h5-8,12,14,16,19H,3-4,9-11H2,1-2H3,(H,18,20)/t16-/m0/s1. The predicted octanol–water partition coefficient (Wildman–Crippen LogP) is 2.47. The smallest absolute Gasteiger partial charge is 0.257 e. The maximum atomic E-state index is 11.6. The fourth-order valence-corrected chi connectivity index (χ4v) is 2.23. The Labute approximate surface area is 126 Å². The van der Waals surface area contributed by atoms with Crippen LogP contribution in [0.4, 0.5) is 0 Å². The minimum absolute atomic E-state index is 0.0144. The number of rotatable bonds is 8. The molecule has 4 heteroatoms. The van der Waals surface area contributed by atoms with E-state index < -0.39 is 0 Å². The Balaban J connectivity index is 1.63. The van der Waals surface area contributed by atoms with Crippen molar-refractivity contribution in [1.82, 2.24) is 5.32 Å². The first kappa shape index (κ1) is 15.8. The second kappa shape index (κ2) is 7.46. The van der Waals surface area contributed by atoms with Gasteiger partial charge in [-0.2, -0.15) is 0 Å². The molecule has 0 unspecified atom stereocenters. The first-order chi connectivity index (χ1) is 10.1. The summed E-state index contributed by atoms with van der Waals surface area (Å²) in [7, 11) is 0. The molecule has 1 aliphatic carbocycles. The molecule has 116 valence electrons. The van der Waals surface area contributed by atoms with Crippen molar-refractivity contribution in [2.24, 2.45) is 5.92 Å². The molecule has 4 nitrogen and oxygen atoms in total. The zero-order chi connectivity index (χ0) is 15.2. The van der Waals surface area contributed by atoms with Crippen molar-refractivity contribution in [2.75, 3.05) is 13.2 Å². The van der Waals surface area contributed by atoms with Gasteiger partial charge in [-0.25, -0.2) is 0 Å². The zero-order valence-electron chi connectivity index (χ0n) is 12.8. The number of nitrogens with one attached hydrogen (secondary N) is 1. The highest BCUT2D eigenvalue weighted by molar-refractivity contribution is 5.77. The molecule has 0 aliphatic heterocycles. The average Bonchev–Trinajstić information content (AvgIpc) is 3.30. The van der Waals surface area contributed by atoms with Crippen molar-refractivity contribution >= 4 is 5.91 Å². The van der Waals surface area contributed by atoms with Gasteiger partial charge >= 0.3 is 0 Å². The number of aliphatic hydroxyl groups excluding tert-OH is 1. The minimum atomic E-state index is -0.269. The summed E-state index contributed by atoms with van der Waals surface area (Å²) in [5.41, 5.74) is 1.25. The fourth-order valence-electron chi connectivity index (χ4n) is 2.23. The molecular formula is C17H25NO3. The topological polar surface area (TPSA) is 58.6 Å². The lowest BCUT2D eigenvalue weighted by atomic mass is 10.0. The van der Waals surface area contributed by atoms with Gasteiger partial charge in [0.25, 0.3) is 5.91 Å². The molecule has 0 heterocycles. The molecule has 1 aliphatic rings. The molecular weight excluding hydrogens is 266 g/mol. The molecule has 1 fully saturated rings. The van der Waals surface area contributed by atoms with E-state index in [4.69, 9.17) is 4.74 Å². The summed E-state index contributed by atoms with van der Waals surface area (Å²) >= 11 is 0. The first-order valence-corrected chi connectivity index (χ1v) is 7.74. The molecule has 0 aromatic heterocycles. The van der Waals surface area contributed by atoms with Crippen LogP contribution in [0.3, 0.4) is 0 Å². The Morgan fingerprint density at radius 1 is 1.33 bits per heavy atom. The molecule has 2 N–H and O–H groups in total. The van der Waals surface area contributed by atoms with Crippen LogP contribution in [0.1, 0.15) is 44.6 Å². The quantitative estimate of drug-likeness (QED) is 0.773. The number of hydrogen-bond acceptors (Lipinski definition) is 3. The summed E-state index contributed by atoms with van der Waals surface area (Å²) < 4.78 is 5.45. The lowest BCUT2D eigenvalue weighted by Crippen LogP contribution is -2.31. The van der Waals surface area contributed by atoms with Crippen molar-refractivity contribution in [3.05, 3.63) is 29.8 Å². The number of carbonyl (C=O) groups excluding carboxylic acids is 1. The molecule has 1 amide bonds. The Bertz CT molecular complexity index is 452. The monoisotopic (exact) mass is 291 g/mol. The number of amides is 1. The zero-order valence-corrected chi connectivity index (χ0v) is 12.8. The van der Waals surface area contributed by atoms with Gasteiger partial charge in [0.2, 0.25) is 0 Å². The second-order valence-corrected chi connectivity index (χ2v) is 6.06. The molecule has 0 saturated heterocycles. The van der Waals surface area contributed by atoms with Gasteiger partial charge in [-0.05, 0) is 48.8 Å². The van der Waals surface area contributed by atoms with Gasteiger partial charge in [0.1, 0.15) is 5.75 Å². The highest BCUT2D eigenvalue weighted by Crippen LogP contribution is 2.33. The molecule has 1 atom stereocenters. The molecule has 2 rings (SSSR count). The van der Waals surface area contributed by atoms with Crippen LogP contribution in [0, 0.1) is 5.92 Å². The van der Waals surface area contributed by atoms with Gasteiger partial charge in [0.15, 0.2) is 6.61 Å². The van der Waals surface area contributed by atoms with Crippen LogP contribution in [0.5, 0.6) is 5.75 Å². The van der Waals surface area contributed by atoms with Crippen LogP contribution in [0.25, 0.3) is 0 Å². The van der Waals surface area contributed by atoms with Crippen LogP contribution in [0.2, 0.25) is 0 Å². The fraction of sp³-hybridized carbons (Fsp3) is 0.588. The summed E-state index contributed by atoms with van der Waals surface area (Å²) in [6.07, 6.45) is 2.59. The van der Waals surface area contributed by atoms with E-state index >= 15 is 0 Å². The average molecular weight is 291 g/mol. The first-order valence-electron chi connectivity index (χ1n) is 7.74. The van der Waals surface area contributed by atoms with Gasteiger partial charge < -0.3 is 15.2 Å². The minimum Gasteiger partial charge on any atom is -0.484 e. The molecule has 1 aromatic rings. The summed E-state index contributed by atoms with van der Waals surface area (Å²) in [4.78, 5) is 11.6. The van der Waals surface area contributed by atoms with Gasteiger partial charge in [-0.15, -0.1) is 0 Å². The highest BCUT2D eigenvalue weighted by atomic mass is 16.5. The Morgan fingerprint density at radius 3 is 2.57 bits per heavy atom. The number of carbonyl (C=O) groups is 1. The Morgan fingerprint density at radius 2 is 2.00 bits per heavy atom. The maximum Gasteiger partial charge on any atom is 0.257 e. The van der Waals surface area contributed by atoms with E-state index in [1.807, 2.05) is 24.3 Å². The number of ether oxygens (including phenoxy) is 1. The Hall–Kier alpha value is -1.55. The van der Waals surface area contributed by atoms with E-state index in [1.54, 1.807) is 0 Å². The predicted molar refractivity (Wildman–Crippen MR) is 82.4 cm³/mol. The normalized spacial score (nSPS) is 15.8. The molecule has 1 aromatic carbocycles. The van der Waals surface area contributed by atoms with Crippen LogP contribution in [0.15, 0.2) is 24.3 Å². The third-order valence-electron chi connectivity index (χ3n) is 3.85. The third-order valence-corrected chi connectivity index (χ3v) is 3.85. The largest absolute Gasteiger partial charge is 0.484 e. The Kier molecular flexibility index (Phi) is 5.62. The molecule has 0 bridgehead atoms. The van der Waals surface area contributed by atoms with E-state index in [2.05, 4.69) is 19.2 Å². The van der Waals surface area contributed by atoms with Gasteiger partial charge in [0.05, 0.1) is 6.10 Å². The van der Waals surface area contributed by atoms with E-state index in [0.29, 0.717) is 30.6 Å². The summed E-state index contributed by atoms with van der Waals surface area (Å²) in [5.74, 6) is 1.50. The van der Waals surface area contributed by atoms with Crippen molar-refractivity contribution in [1.29, 1.82) is 0 Å². The molecule has 0 radical (unpaired) electrons. The molecule has 1 saturated carbocycles. The van der Waals surface area contributed by atoms with Crippen molar-refractivity contribution < 1.29 is 14.6 Å². The summed E-state index contributed by atoms with van der Waals surface area (Å²) in [6, 6.07) is 7.81. The van der Waals surface area contributed by atoms with E-state index in [-0.39, 0.29) is 18.6 Å². The number of benzene rings is 1. The van der Waals surface area contributed by atoms with Crippen LogP contribution in [-0.4, -0.2) is 30.3 Å². The van der Waals surface area contributed by atoms with Crippen LogP contribution < -0.4 is 10.1 Å². The van der Waals surface area contributed by atoms with E-state index in [1.165, 1.54) is 5.56 Å². The van der Waals surface area contributed by atoms with Gasteiger partial charge in [-0.1, -0.05) is 26.0 Å². The van der Waals surface area contributed by atoms with Crippen molar-refractivity contribution in [3.63, 3.8) is 0 Å². The van der Waals surface area contributed by atoms with E-state index in [9.17, 15) is 9.90 Å². The summed E-state index contributed by atoms with van der Waals surface area (Å²) in [5, 5.41) is 12.5. The van der Waals surface area contributed by atoms with Crippen LogP contribution >= 0.6 is 0 Å². The van der Waals surface area contributed by atoms with E-state index in [0.717, 1.165) is 12.8 Å². The van der Waals surface area contributed by atoms with Gasteiger partial charge in [0, 0.05) is 6.54 Å². The van der Waals surface area contributed by atoms with Gasteiger partial charge in [-0.3, -0.25) is 4.79 Å². The third kappa shape index (κ3) is 5.38. The maximum absolute atomic E-state index is 11.6. The number of hydrogen-bond donors (Lipinski definition) is 2. The highest BCUT2D eigenvalue weighted by Gasteiger charge is 2.29. The summed E-state index contributed by atoms with van der Waals surface area (Å²) in [6.45, 7) is 4.80.